The lowest BCUT2D eigenvalue weighted by molar-refractivity contribution is -0.117. The van der Waals surface area contributed by atoms with Crippen molar-refractivity contribution >= 4 is 23.6 Å². The van der Waals surface area contributed by atoms with Gasteiger partial charge in [0.25, 0.3) is 0 Å². The summed E-state index contributed by atoms with van der Waals surface area (Å²) in [7, 11) is 1.77. The molecular weight excluding hydrogens is 290 g/mol. The number of carbonyl (C=O) groups is 1. The van der Waals surface area contributed by atoms with Crippen LogP contribution in [0.25, 0.3) is 6.08 Å². The minimum atomic E-state index is -0.109. The Balaban J connectivity index is 1.89. The van der Waals surface area contributed by atoms with Crippen LogP contribution in [0.15, 0.2) is 6.08 Å². The number of hydrogen-bond acceptors (Lipinski definition) is 3. The first-order valence-corrected chi connectivity index (χ1v) is 7.67. The number of aliphatic hydroxyl groups is 1. The van der Waals surface area contributed by atoms with Crippen molar-refractivity contribution in [2.75, 3.05) is 6.61 Å². The largest absolute Gasteiger partial charge is 0.396 e. The molecule has 1 aliphatic rings. The zero-order valence-electron chi connectivity index (χ0n) is 12.5. The third-order valence-corrected chi connectivity index (χ3v) is 4.50. The molecule has 0 radical (unpaired) electrons. The third kappa shape index (κ3) is 4.08. The number of rotatable bonds is 4. The summed E-state index contributed by atoms with van der Waals surface area (Å²) < 4.78 is 1.59. The summed E-state index contributed by atoms with van der Waals surface area (Å²) >= 11 is 6.12. The van der Waals surface area contributed by atoms with Gasteiger partial charge in [-0.25, -0.2) is 0 Å². The van der Waals surface area contributed by atoms with Gasteiger partial charge in [0.05, 0.1) is 5.69 Å². The molecule has 2 rings (SSSR count). The fraction of sp³-hybridized carbons (Fsp3) is 0.600. The number of hydrogen-bond donors (Lipinski definition) is 2. The van der Waals surface area contributed by atoms with E-state index in [-0.39, 0.29) is 18.6 Å². The van der Waals surface area contributed by atoms with Crippen LogP contribution in [0.4, 0.5) is 0 Å². The van der Waals surface area contributed by atoms with Crippen LogP contribution in [0.3, 0.4) is 0 Å². The Bertz CT molecular complexity index is 531. The fourth-order valence-electron chi connectivity index (χ4n) is 2.73. The molecule has 5 nitrogen and oxygen atoms in total. The minimum Gasteiger partial charge on any atom is -0.396 e. The molecule has 116 valence electrons. The molecule has 0 atom stereocenters. The molecule has 0 unspecified atom stereocenters. The molecule has 2 N–H and O–H groups in total. The zero-order valence-corrected chi connectivity index (χ0v) is 13.2. The number of aliphatic hydroxyl groups excluding tert-OH is 1. The van der Waals surface area contributed by atoms with Gasteiger partial charge in [0.2, 0.25) is 5.91 Å². The molecule has 0 aliphatic heterocycles. The summed E-state index contributed by atoms with van der Waals surface area (Å²) in [5, 5.41) is 16.8. The van der Waals surface area contributed by atoms with E-state index < -0.39 is 0 Å². The van der Waals surface area contributed by atoms with Crippen molar-refractivity contribution in [1.29, 1.82) is 0 Å². The van der Waals surface area contributed by atoms with E-state index in [9.17, 15) is 4.79 Å². The van der Waals surface area contributed by atoms with Gasteiger partial charge < -0.3 is 10.4 Å². The van der Waals surface area contributed by atoms with Crippen molar-refractivity contribution in [2.24, 2.45) is 13.0 Å². The Morgan fingerprint density at radius 1 is 1.48 bits per heavy atom. The van der Waals surface area contributed by atoms with E-state index in [0.717, 1.165) is 36.9 Å². The average Bonchev–Trinajstić information content (AvgIpc) is 2.71. The van der Waals surface area contributed by atoms with Crippen LogP contribution in [0.5, 0.6) is 0 Å². The summed E-state index contributed by atoms with van der Waals surface area (Å²) in [5.74, 6) is 0.285. The topological polar surface area (TPSA) is 67.2 Å². The summed E-state index contributed by atoms with van der Waals surface area (Å²) in [5.41, 5.74) is 1.58. The number of halogens is 1. The molecule has 1 saturated carbocycles. The molecule has 1 aromatic heterocycles. The van der Waals surface area contributed by atoms with E-state index in [1.807, 2.05) is 6.92 Å². The van der Waals surface area contributed by atoms with E-state index in [2.05, 4.69) is 10.4 Å². The van der Waals surface area contributed by atoms with Crippen molar-refractivity contribution in [3.63, 3.8) is 0 Å². The maximum Gasteiger partial charge on any atom is 0.244 e. The first-order chi connectivity index (χ1) is 10.0. The quantitative estimate of drug-likeness (QED) is 0.836. The molecule has 21 heavy (non-hydrogen) atoms. The minimum absolute atomic E-state index is 0.109. The molecule has 6 heteroatoms. The van der Waals surface area contributed by atoms with Gasteiger partial charge in [0.1, 0.15) is 5.15 Å². The van der Waals surface area contributed by atoms with Gasteiger partial charge >= 0.3 is 0 Å². The highest BCUT2D eigenvalue weighted by molar-refractivity contribution is 6.31. The number of nitrogens with zero attached hydrogens (tertiary/aromatic N) is 2. The highest BCUT2D eigenvalue weighted by atomic mass is 35.5. The first kappa shape index (κ1) is 16.0. The molecule has 1 aliphatic carbocycles. The Morgan fingerprint density at radius 3 is 2.67 bits per heavy atom. The van der Waals surface area contributed by atoms with E-state index in [1.165, 1.54) is 6.08 Å². The van der Waals surface area contributed by atoms with E-state index in [1.54, 1.807) is 17.8 Å². The molecule has 1 heterocycles. The number of amides is 1. The lowest BCUT2D eigenvalue weighted by Gasteiger charge is -2.27. The second-order valence-corrected chi connectivity index (χ2v) is 6.01. The van der Waals surface area contributed by atoms with Gasteiger partial charge in [-0.05, 0) is 44.6 Å². The lowest BCUT2D eigenvalue weighted by atomic mass is 9.86. The first-order valence-electron chi connectivity index (χ1n) is 7.29. The monoisotopic (exact) mass is 311 g/mol. The second kappa shape index (κ2) is 7.09. The molecule has 0 saturated heterocycles. The van der Waals surface area contributed by atoms with E-state index in [0.29, 0.717) is 11.1 Å². The summed E-state index contributed by atoms with van der Waals surface area (Å²) in [4.78, 5) is 11.9. The molecule has 0 bridgehead atoms. The Kier molecular flexibility index (Phi) is 5.42. The average molecular weight is 312 g/mol. The van der Waals surface area contributed by atoms with Crippen LogP contribution in [-0.4, -0.2) is 33.4 Å². The fourth-order valence-corrected chi connectivity index (χ4v) is 2.97. The van der Waals surface area contributed by atoms with Crippen molar-refractivity contribution in [1.82, 2.24) is 15.1 Å². The maximum absolute atomic E-state index is 11.9. The van der Waals surface area contributed by atoms with Crippen LogP contribution in [0.1, 0.15) is 36.9 Å². The van der Waals surface area contributed by atoms with Crippen molar-refractivity contribution in [2.45, 2.75) is 38.6 Å². The smallest absolute Gasteiger partial charge is 0.244 e. The van der Waals surface area contributed by atoms with Gasteiger partial charge in [0, 0.05) is 31.3 Å². The number of nitrogens with one attached hydrogen (secondary N) is 1. The van der Waals surface area contributed by atoms with Crippen LogP contribution in [0, 0.1) is 12.8 Å². The number of carbonyl (C=O) groups excluding carboxylic acids is 1. The van der Waals surface area contributed by atoms with Crippen LogP contribution < -0.4 is 5.32 Å². The van der Waals surface area contributed by atoms with Crippen molar-refractivity contribution < 1.29 is 9.90 Å². The Morgan fingerprint density at radius 2 is 2.14 bits per heavy atom. The maximum atomic E-state index is 11.9. The molecule has 1 amide bonds. The predicted octanol–water partition coefficient (Wildman–Crippen LogP) is 2.06. The van der Waals surface area contributed by atoms with E-state index in [4.69, 9.17) is 16.7 Å². The molecular formula is C15H22ClN3O2. The Labute approximate surface area is 130 Å². The summed E-state index contributed by atoms with van der Waals surface area (Å²) in [6.07, 6.45) is 7.01. The zero-order chi connectivity index (χ0) is 15.4. The van der Waals surface area contributed by atoms with Gasteiger partial charge in [-0.2, -0.15) is 5.10 Å². The van der Waals surface area contributed by atoms with Crippen molar-refractivity contribution in [3.8, 4) is 0 Å². The molecule has 0 spiro atoms. The SMILES string of the molecule is Cc1nn(C)c(Cl)c1/C=C/C(=O)NC1CCC(CO)CC1. The second-order valence-electron chi connectivity index (χ2n) is 5.66. The van der Waals surface area contributed by atoms with Crippen LogP contribution in [0.2, 0.25) is 5.15 Å². The van der Waals surface area contributed by atoms with E-state index >= 15 is 0 Å². The van der Waals surface area contributed by atoms with Crippen LogP contribution in [-0.2, 0) is 11.8 Å². The standard InChI is InChI=1S/C15H22ClN3O2/c1-10-13(15(16)19(2)18-10)7-8-14(21)17-12-5-3-11(9-20)4-6-12/h7-8,11-12,20H,3-6,9H2,1-2H3,(H,17,21)/b8-7+. The van der Waals surface area contributed by atoms with Gasteiger partial charge in [-0.1, -0.05) is 11.6 Å². The number of aromatic nitrogens is 2. The third-order valence-electron chi connectivity index (χ3n) is 4.05. The van der Waals surface area contributed by atoms with Gasteiger partial charge in [-0.15, -0.1) is 0 Å². The number of aryl methyl sites for hydroxylation is 2. The summed E-state index contributed by atoms with van der Waals surface area (Å²) in [6, 6.07) is 0.204. The normalized spacial score (nSPS) is 22.7. The molecule has 1 fully saturated rings. The molecule has 0 aromatic carbocycles. The predicted molar refractivity (Wildman–Crippen MR) is 83.0 cm³/mol. The summed E-state index contributed by atoms with van der Waals surface area (Å²) in [6.45, 7) is 2.11. The molecule has 1 aromatic rings. The van der Waals surface area contributed by atoms with Gasteiger partial charge in [-0.3, -0.25) is 9.48 Å². The highest BCUT2D eigenvalue weighted by Gasteiger charge is 2.21. The lowest BCUT2D eigenvalue weighted by Crippen LogP contribution is -2.37. The highest BCUT2D eigenvalue weighted by Crippen LogP contribution is 2.24. The van der Waals surface area contributed by atoms with Crippen LogP contribution >= 0.6 is 11.6 Å². The van der Waals surface area contributed by atoms with Crippen molar-refractivity contribution in [3.05, 3.63) is 22.5 Å². The Hall–Kier alpha value is -1.33. The van der Waals surface area contributed by atoms with Gasteiger partial charge in [0.15, 0.2) is 0 Å².